The topological polar surface area (TPSA) is 76.0 Å². The van der Waals surface area contributed by atoms with Crippen molar-refractivity contribution in [2.24, 2.45) is 0 Å². The first-order chi connectivity index (χ1) is 12.6. The number of unbranched alkanes of at least 4 members (excludes halogenated alkanes) is 2. The SMILES string of the molecule is CCCCOc1cc(O)ccc1C(=O)c1ccc(O)cc1OCCCC. The Morgan fingerprint density at radius 3 is 1.62 bits per heavy atom. The molecule has 0 bridgehead atoms. The predicted octanol–water partition coefficient (Wildman–Crippen LogP) is 4.69. The van der Waals surface area contributed by atoms with Crippen LogP contribution in [0.3, 0.4) is 0 Å². The zero-order valence-electron chi connectivity index (χ0n) is 15.3. The van der Waals surface area contributed by atoms with Gasteiger partial charge >= 0.3 is 0 Å². The average Bonchev–Trinajstić information content (AvgIpc) is 2.62. The molecule has 0 aromatic heterocycles. The Morgan fingerprint density at radius 1 is 0.808 bits per heavy atom. The highest BCUT2D eigenvalue weighted by atomic mass is 16.5. The Morgan fingerprint density at radius 2 is 1.23 bits per heavy atom. The molecule has 0 atom stereocenters. The van der Waals surface area contributed by atoms with Gasteiger partial charge in [-0.1, -0.05) is 26.7 Å². The lowest BCUT2D eigenvalue weighted by molar-refractivity contribution is 0.103. The molecule has 0 heterocycles. The Balaban J connectivity index is 2.33. The van der Waals surface area contributed by atoms with Gasteiger partial charge in [0.05, 0.1) is 24.3 Å². The number of carbonyl (C=O) groups is 1. The van der Waals surface area contributed by atoms with Crippen LogP contribution in [-0.4, -0.2) is 29.2 Å². The lowest BCUT2D eigenvalue weighted by Crippen LogP contribution is -2.09. The summed E-state index contributed by atoms with van der Waals surface area (Å²) in [6, 6.07) is 8.89. The highest BCUT2D eigenvalue weighted by Crippen LogP contribution is 2.31. The Kier molecular flexibility index (Phi) is 7.33. The van der Waals surface area contributed by atoms with Gasteiger partial charge in [-0.2, -0.15) is 0 Å². The first-order valence-electron chi connectivity index (χ1n) is 9.03. The summed E-state index contributed by atoms with van der Waals surface area (Å²) in [5, 5.41) is 19.5. The number of rotatable bonds is 10. The fourth-order valence-corrected chi connectivity index (χ4v) is 2.43. The third-order valence-corrected chi connectivity index (χ3v) is 3.93. The molecule has 5 heteroatoms. The minimum absolute atomic E-state index is 0.0400. The Labute approximate surface area is 154 Å². The average molecular weight is 358 g/mol. The normalized spacial score (nSPS) is 10.5. The Hall–Kier alpha value is -2.69. The van der Waals surface area contributed by atoms with E-state index in [1.807, 2.05) is 13.8 Å². The Bertz CT molecular complexity index is 678. The van der Waals surface area contributed by atoms with Gasteiger partial charge in [-0.15, -0.1) is 0 Å². The molecular formula is C21H26O5. The second-order valence-electron chi connectivity index (χ2n) is 6.09. The van der Waals surface area contributed by atoms with Crippen LogP contribution in [0.15, 0.2) is 36.4 Å². The molecule has 0 fully saturated rings. The number of hydrogen-bond acceptors (Lipinski definition) is 5. The molecule has 2 N–H and O–H groups in total. The van der Waals surface area contributed by atoms with Crippen molar-refractivity contribution in [2.45, 2.75) is 39.5 Å². The number of phenols is 2. The minimum atomic E-state index is -0.275. The molecule has 0 aliphatic heterocycles. The summed E-state index contributed by atoms with van der Waals surface area (Å²) in [5.41, 5.74) is 0.704. The molecule has 0 saturated heterocycles. The quantitative estimate of drug-likeness (QED) is 0.476. The molecule has 2 aromatic carbocycles. The van der Waals surface area contributed by atoms with Crippen LogP contribution >= 0.6 is 0 Å². The van der Waals surface area contributed by atoms with Crippen LogP contribution in [0.1, 0.15) is 55.5 Å². The number of ketones is 1. The van der Waals surface area contributed by atoms with Gasteiger partial charge in [-0.25, -0.2) is 0 Å². The lowest BCUT2D eigenvalue weighted by Gasteiger charge is -2.14. The first-order valence-corrected chi connectivity index (χ1v) is 9.03. The maximum atomic E-state index is 13.1. The first kappa shape index (κ1) is 19.6. The standard InChI is InChI=1S/C21H26O5/c1-3-5-11-25-19-13-15(22)7-9-17(19)21(24)18-10-8-16(23)14-20(18)26-12-6-4-2/h7-10,13-14,22-23H,3-6,11-12H2,1-2H3. The van der Waals surface area contributed by atoms with E-state index in [0.29, 0.717) is 35.8 Å². The maximum absolute atomic E-state index is 13.1. The number of aromatic hydroxyl groups is 2. The van der Waals surface area contributed by atoms with Crippen molar-refractivity contribution >= 4 is 5.78 Å². The minimum Gasteiger partial charge on any atom is -0.508 e. The third kappa shape index (κ3) is 5.15. The van der Waals surface area contributed by atoms with Gasteiger partial charge in [0.1, 0.15) is 23.0 Å². The summed E-state index contributed by atoms with van der Waals surface area (Å²) < 4.78 is 11.4. The van der Waals surface area contributed by atoms with Crippen molar-refractivity contribution in [2.75, 3.05) is 13.2 Å². The summed E-state index contributed by atoms with van der Waals surface area (Å²) in [4.78, 5) is 13.1. The van der Waals surface area contributed by atoms with Crippen LogP contribution in [-0.2, 0) is 0 Å². The van der Waals surface area contributed by atoms with Crippen molar-refractivity contribution in [1.82, 2.24) is 0 Å². The van der Waals surface area contributed by atoms with Crippen LogP contribution in [0.4, 0.5) is 0 Å². The van der Waals surface area contributed by atoms with Crippen LogP contribution < -0.4 is 9.47 Å². The molecule has 0 unspecified atom stereocenters. The zero-order chi connectivity index (χ0) is 18.9. The molecule has 0 aliphatic carbocycles. The van der Waals surface area contributed by atoms with E-state index in [1.165, 1.54) is 24.3 Å². The van der Waals surface area contributed by atoms with Crippen LogP contribution in [0, 0.1) is 0 Å². The van der Waals surface area contributed by atoms with E-state index in [1.54, 1.807) is 12.1 Å². The highest BCUT2D eigenvalue weighted by molar-refractivity contribution is 6.12. The fourth-order valence-electron chi connectivity index (χ4n) is 2.43. The third-order valence-electron chi connectivity index (χ3n) is 3.93. The zero-order valence-corrected chi connectivity index (χ0v) is 15.3. The van der Waals surface area contributed by atoms with Gasteiger partial charge < -0.3 is 19.7 Å². The van der Waals surface area contributed by atoms with Gasteiger partial charge in [-0.05, 0) is 37.1 Å². The monoisotopic (exact) mass is 358 g/mol. The molecular weight excluding hydrogens is 332 g/mol. The van der Waals surface area contributed by atoms with Crippen LogP contribution in [0.25, 0.3) is 0 Å². The second kappa shape index (κ2) is 9.70. The molecule has 0 radical (unpaired) electrons. The van der Waals surface area contributed by atoms with Crippen molar-refractivity contribution in [1.29, 1.82) is 0 Å². The van der Waals surface area contributed by atoms with Crippen LogP contribution in [0.5, 0.6) is 23.0 Å². The summed E-state index contributed by atoms with van der Waals surface area (Å²) >= 11 is 0. The maximum Gasteiger partial charge on any atom is 0.200 e. The summed E-state index contributed by atoms with van der Waals surface area (Å²) in [6.45, 7) is 5.04. The smallest absolute Gasteiger partial charge is 0.200 e. The van der Waals surface area contributed by atoms with Crippen molar-refractivity contribution in [3.8, 4) is 23.0 Å². The van der Waals surface area contributed by atoms with Gasteiger partial charge in [0, 0.05) is 12.1 Å². The van der Waals surface area contributed by atoms with Crippen molar-refractivity contribution < 1.29 is 24.5 Å². The molecule has 2 aromatic rings. The van der Waals surface area contributed by atoms with E-state index >= 15 is 0 Å². The van der Waals surface area contributed by atoms with E-state index in [2.05, 4.69) is 0 Å². The molecule has 0 amide bonds. The van der Waals surface area contributed by atoms with E-state index < -0.39 is 0 Å². The number of phenolic OH excluding ortho intramolecular Hbond substituents is 2. The summed E-state index contributed by atoms with van der Waals surface area (Å²) in [6.07, 6.45) is 3.65. The fraction of sp³-hybridized carbons (Fsp3) is 0.381. The molecule has 5 nitrogen and oxygen atoms in total. The van der Waals surface area contributed by atoms with Crippen molar-refractivity contribution in [3.63, 3.8) is 0 Å². The van der Waals surface area contributed by atoms with E-state index in [-0.39, 0.29) is 17.3 Å². The molecule has 2 rings (SSSR count). The highest BCUT2D eigenvalue weighted by Gasteiger charge is 2.20. The van der Waals surface area contributed by atoms with E-state index in [9.17, 15) is 15.0 Å². The molecule has 0 spiro atoms. The summed E-state index contributed by atoms with van der Waals surface area (Å²) in [7, 11) is 0. The van der Waals surface area contributed by atoms with Crippen LogP contribution in [0.2, 0.25) is 0 Å². The largest absolute Gasteiger partial charge is 0.508 e. The summed E-state index contributed by atoms with van der Waals surface area (Å²) in [5.74, 6) is 0.492. The number of ether oxygens (including phenoxy) is 2. The van der Waals surface area contributed by atoms with Crippen molar-refractivity contribution in [3.05, 3.63) is 47.5 Å². The molecule has 0 aliphatic rings. The van der Waals surface area contributed by atoms with Gasteiger partial charge in [-0.3, -0.25) is 4.79 Å². The predicted molar refractivity (Wildman–Crippen MR) is 100 cm³/mol. The van der Waals surface area contributed by atoms with E-state index in [4.69, 9.17) is 9.47 Å². The molecule has 0 saturated carbocycles. The van der Waals surface area contributed by atoms with Gasteiger partial charge in [0.15, 0.2) is 5.78 Å². The lowest BCUT2D eigenvalue weighted by atomic mass is 10.0. The number of benzene rings is 2. The molecule has 140 valence electrons. The molecule has 26 heavy (non-hydrogen) atoms. The van der Waals surface area contributed by atoms with Gasteiger partial charge in [0.25, 0.3) is 0 Å². The van der Waals surface area contributed by atoms with Gasteiger partial charge in [0.2, 0.25) is 0 Å². The van der Waals surface area contributed by atoms with E-state index in [0.717, 1.165) is 25.7 Å². The number of hydrogen-bond donors (Lipinski definition) is 2. The second-order valence-corrected chi connectivity index (χ2v) is 6.09. The number of carbonyl (C=O) groups excluding carboxylic acids is 1.